The fourth-order valence-electron chi connectivity index (χ4n) is 4.89. The zero-order valence-corrected chi connectivity index (χ0v) is 19.7. The third-order valence-corrected chi connectivity index (χ3v) is 8.74. The zero-order valence-electron chi connectivity index (χ0n) is 18.8. The summed E-state index contributed by atoms with van der Waals surface area (Å²) < 4.78 is 28.6. The van der Waals surface area contributed by atoms with E-state index in [1.54, 1.807) is 6.20 Å². The van der Waals surface area contributed by atoms with Crippen molar-refractivity contribution >= 4 is 15.7 Å². The third-order valence-electron chi connectivity index (χ3n) is 6.56. The average molecular weight is 439 g/mol. The maximum atomic E-state index is 13.3. The number of rotatable bonds is 10. The third kappa shape index (κ3) is 5.25. The largest absolute Gasteiger partial charge is 0.343 e. The van der Waals surface area contributed by atoms with Crippen LogP contribution in [0.1, 0.15) is 70.9 Å². The van der Waals surface area contributed by atoms with Crippen LogP contribution in [0.3, 0.4) is 0 Å². The van der Waals surface area contributed by atoms with Gasteiger partial charge in [0.15, 0.2) is 0 Å². The number of imidazole rings is 1. The first kappa shape index (κ1) is 23.3. The number of nitrogens with zero attached hydrogens (tertiary/aromatic N) is 4. The quantitative estimate of drug-likeness (QED) is 0.561. The summed E-state index contributed by atoms with van der Waals surface area (Å²) >= 11 is 0. The van der Waals surface area contributed by atoms with Gasteiger partial charge in [0, 0.05) is 39.1 Å². The van der Waals surface area contributed by atoms with Crippen molar-refractivity contribution in [2.75, 3.05) is 26.7 Å². The number of unbranched alkanes of at least 4 members (excludes halogenated alkanes) is 1. The lowest BCUT2D eigenvalue weighted by atomic mass is 10.0. The second kappa shape index (κ2) is 10.3. The number of amides is 1. The highest BCUT2D eigenvalue weighted by Gasteiger charge is 2.34. The second-order valence-electron chi connectivity index (χ2n) is 9.04. The zero-order chi connectivity index (χ0) is 21.7. The van der Waals surface area contributed by atoms with Gasteiger partial charge < -0.3 is 14.4 Å². The molecule has 7 nitrogen and oxygen atoms in total. The number of aromatic nitrogens is 2. The molecule has 1 atom stereocenters. The Kier molecular flexibility index (Phi) is 7.96. The number of carbonyl (C=O) groups excluding carboxylic acids is 1. The predicted molar refractivity (Wildman–Crippen MR) is 118 cm³/mol. The first-order valence-electron chi connectivity index (χ1n) is 11.6. The fourth-order valence-corrected chi connectivity index (χ4v) is 6.86. The van der Waals surface area contributed by atoms with Crippen molar-refractivity contribution in [3.8, 4) is 0 Å². The predicted octanol–water partition coefficient (Wildman–Crippen LogP) is 3.09. The summed E-state index contributed by atoms with van der Waals surface area (Å²) in [6.45, 7) is 7.88. The van der Waals surface area contributed by atoms with Gasteiger partial charge in [-0.05, 0) is 39.2 Å². The second-order valence-corrected chi connectivity index (χ2v) is 11.2. The SMILES string of the molecule is CCCCn1c(CN(C)C[C@@H]2CC(=O)N(CC)C2)cnc1S(=O)(=O)C1CCCCC1. The Morgan fingerprint density at radius 1 is 1.20 bits per heavy atom. The van der Waals surface area contributed by atoms with Crippen molar-refractivity contribution in [2.24, 2.45) is 5.92 Å². The molecule has 0 bridgehead atoms. The molecule has 170 valence electrons. The molecule has 1 saturated heterocycles. The molecular formula is C22H38N4O3S. The van der Waals surface area contributed by atoms with Crippen LogP contribution in [-0.2, 0) is 27.7 Å². The van der Waals surface area contributed by atoms with E-state index in [4.69, 9.17) is 0 Å². The van der Waals surface area contributed by atoms with Gasteiger partial charge in [-0.3, -0.25) is 4.79 Å². The van der Waals surface area contributed by atoms with Crippen LogP contribution in [-0.4, -0.2) is 65.6 Å². The van der Waals surface area contributed by atoms with Crippen molar-refractivity contribution in [1.29, 1.82) is 0 Å². The number of sulfone groups is 1. The van der Waals surface area contributed by atoms with Gasteiger partial charge in [-0.1, -0.05) is 32.6 Å². The van der Waals surface area contributed by atoms with Crippen LogP contribution >= 0.6 is 0 Å². The molecule has 1 aromatic heterocycles. The highest BCUT2D eigenvalue weighted by atomic mass is 32.2. The van der Waals surface area contributed by atoms with E-state index in [9.17, 15) is 13.2 Å². The summed E-state index contributed by atoms with van der Waals surface area (Å²) in [5.74, 6) is 0.574. The lowest BCUT2D eigenvalue weighted by Gasteiger charge is -2.24. The highest BCUT2D eigenvalue weighted by molar-refractivity contribution is 7.91. The monoisotopic (exact) mass is 438 g/mol. The maximum absolute atomic E-state index is 13.3. The van der Waals surface area contributed by atoms with Gasteiger partial charge in [0.2, 0.25) is 20.9 Å². The van der Waals surface area contributed by atoms with E-state index in [1.165, 1.54) is 0 Å². The van der Waals surface area contributed by atoms with Crippen LogP contribution in [0.2, 0.25) is 0 Å². The molecule has 2 aliphatic rings. The van der Waals surface area contributed by atoms with Gasteiger partial charge in [-0.25, -0.2) is 13.4 Å². The maximum Gasteiger partial charge on any atom is 0.228 e. The summed E-state index contributed by atoms with van der Waals surface area (Å²) in [6, 6.07) is 0. The van der Waals surface area contributed by atoms with Gasteiger partial charge in [0.25, 0.3) is 0 Å². The van der Waals surface area contributed by atoms with Gasteiger partial charge in [0.1, 0.15) is 0 Å². The molecule has 1 amide bonds. The summed E-state index contributed by atoms with van der Waals surface area (Å²) in [5, 5.41) is -0.0245. The minimum absolute atomic E-state index is 0.241. The summed E-state index contributed by atoms with van der Waals surface area (Å²) in [6.07, 6.45) is 8.91. The van der Waals surface area contributed by atoms with E-state index in [0.717, 1.165) is 70.3 Å². The van der Waals surface area contributed by atoms with Crippen LogP contribution < -0.4 is 0 Å². The Bertz CT molecular complexity index is 814. The molecule has 0 N–H and O–H groups in total. The lowest BCUT2D eigenvalue weighted by molar-refractivity contribution is -0.127. The van der Waals surface area contributed by atoms with Gasteiger partial charge in [-0.15, -0.1) is 0 Å². The number of carbonyl (C=O) groups is 1. The molecular weight excluding hydrogens is 400 g/mol. The topological polar surface area (TPSA) is 75.5 Å². The van der Waals surface area contributed by atoms with Crippen LogP contribution in [0.15, 0.2) is 11.4 Å². The molecule has 0 aromatic carbocycles. The van der Waals surface area contributed by atoms with E-state index in [2.05, 4.69) is 16.8 Å². The first-order chi connectivity index (χ1) is 14.4. The Morgan fingerprint density at radius 3 is 2.57 bits per heavy atom. The minimum Gasteiger partial charge on any atom is -0.343 e. The summed E-state index contributed by atoms with van der Waals surface area (Å²) in [5.41, 5.74) is 0.956. The fraction of sp³-hybridized carbons (Fsp3) is 0.818. The van der Waals surface area contributed by atoms with Gasteiger partial charge in [-0.2, -0.15) is 0 Å². The Hall–Kier alpha value is -1.41. The molecule has 3 rings (SSSR count). The van der Waals surface area contributed by atoms with Crippen molar-refractivity contribution in [3.63, 3.8) is 0 Å². The molecule has 0 radical (unpaired) electrons. The average Bonchev–Trinajstić information content (AvgIpc) is 3.29. The number of likely N-dealkylation sites (tertiary alicyclic amines) is 1. The van der Waals surface area contributed by atoms with E-state index in [-0.39, 0.29) is 16.3 Å². The van der Waals surface area contributed by atoms with Crippen molar-refractivity contribution in [3.05, 3.63) is 11.9 Å². The Balaban J connectivity index is 1.73. The van der Waals surface area contributed by atoms with E-state index in [0.29, 0.717) is 25.4 Å². The normalized spacial score (nSPS) is 21.1. The Labute approximate surface area is 181 Å². The molecule has 1 saturated carbocycles. The van der Waals surface area contributed by atoms with E-state index >= 15 is 0 Å². The molecule has 8 heteroatoms. The van der Waals surface area contributed by atoms with Crippen molar-refractivity contribution in [1.82, 2.24) is 19.4 Å². The van der Waals surface area contributed by atoms with Gasteiger partial charge >= 0.3 is 0 Å². The first-order valence-corrected chi connectivity index (χ1v) is 13.2. The molecule has 2 fully saturated rings. The van der Waals surface area contributed by atoms with E-state index in [1.807, 2.05) is 23.4 Å². The molecule has 30 heavy (non-hydrogen) atoms. The molecule has 2 heterocycles. The van der Waals surface area contributed by atoms with Crippen molar-refractivity contribution < 1.29 is 13.2 Å². The van der Waals surface area contributed by atoms with Crippen LogP contribution in [0.5, 0.6) is 0 Å². The lowest BCUT2D eigenvalue weighted by Crippen LogP contribution is -2.30. The van der Waals surface area contributed by atoms with Crippen LogP contribution in [0, 0.1) is 5.92 Å². The van der Waals surface area contributed by atoms with Gasteiger partial charge in [0.05, 0.1) is 17.1 Å². The number of hydrogen-bond acceptors (Lipinski definition) is 5. The molecule has 0 spiro atoms. The molecule has 0 unspecified atom stereocenters. The standard InChI is InChI=1S/C22H38N4O3S/c1-4-6-12-26-19(17-24(3)15-18-13-21(27)25(5-2)16-18)14-23-22(26)30(28,29)20-10-8-7-9-11-20/h14,18,20H,4-13,15-17H2,1-3H3/t18-/m0/s1. The van der Waals surface area contributed by atoms with Crippen LogP contribution in [0.25, 0.3) is 0 Å². The number of hydrogen-bond donors (Lipinski definition) is 0. The smallest absolute Gasteiger partial charge is 0.228 e. The molecule has 1 aromatic rings. The molecule has 1 aliphatic carbocycles. The van der Waals surface area contributed by atoms with Crippen LogP contribution in [0.4, 0.5) is 0 Å². The summed E-state index contributed by atoms with van der Waals surface area (Å²) in [4.78, 5) is 20.6. The summed E-state index contributed by atoms with van der Waals surface area (Å²) in [7, 11) is -1.35. The minimum atomic E-state index is -3.40. The van der Waals surface area contributed by atoms with E-state index < -0.39 is 9.84 Å². The molecule has 1 aliphatic heterocycles. The highest BCUT2D eigenvalue weighted by Crippen LogP contribution is 2.29. The Morgan fingerprint density at radius 2 is 1.93 bits per heavy atom. The van der Waals surface area contributed by atoms with Crippen molar-refractivity contribution in [2.45, 2.75) is 88.7 Å².